The van der Waals surface area contributed by atoms with Crippen molar-refractivity contribution in [3.8, 4) is 0 Å². The van der Waals surface area contributed by atoms with Crippen molar-refractivity contribution in [3.63, 3.8) is 0 Å². The molecule has 8 nitrogen and oxygen atoms in total. The van der Waals surface area contributed by atoms with Gasteiger partial charge in [-0.25, -0.2) is 4.72 Å². The number of carboxylic acids is 1. The van der Waals surface area contributed by atoms with Crippen LogP contribution in [-0.4, -0.2) is 59.5 Å². The molecule has 0 aromatic carbocycles. The van der Waals surface area contributed by atoms with Crippen LogP contribution < -0.4 is 9.44 Å². The molecule has 0 spiro atoms. The van der Waals surface area contributed by atoms with Crippen LogP contribution in [0, 0.1) is 5.41 Å². The second-order valence-electron chi connectivity index (χ2n) is 4.41. The smallest absolute Gasteiger partial charge is 0.311 e. The Kier molecular flexibility index (Phi) is 6.14. The molecule has 1 heterocycles. The molecule has 0 bridgehead atoms. The number of nitrogens with one attached hydrogen (secondary N) is 2. The predicted octanol–water partition coefficient (Wildman–Crippen LogP) is -1.06. The third-order valence-corrected chi connectivity index (χ3v) is 4.21. The molecular weight excluding hydrogens is 276 g/mol. The standard InChI is InChI=1S/C10H20N2O6S/c1-17-7-4-11-19(15,16)12-8-10(9(13)14)2-5-18-6-3-10/h11-12H,2-8H2,1H3,(H,13,14). The molecule has 0 radical (unpaired) electrons. The van der Waals surface area contributed by atoms with Crippen LogP contribution in [0.2, 0.25) is 0 Å². The fourth-order valence-corrected chi connectivity index (χ4v) is 2.71. The first-order chi connectivity index (χ1) is 8.92. The van der Waals surface area contributed by atoms with Gasteiger partial charge in [-0.15, -0.1) is 0 Å². The molecule has 3 N–H and O–H groups in total. The third kappa shape index (κ3) is 5.03. The summed E-state index contributed by atoms with van der Waals surface area (Å²) in [5.74, 6) is -1.00. The Balaban J connectivity index is 2.54. The van der Waals surface area contributed by atoms with E-state index in [-0.39, 0.29) is 19.7 Å². The molecule has 0 unspecified atom stereocenters. The van der Waals surface area contributed by atoms with Crippen molar-refractivity contribution in [2.75, 3.05) is 40.0 Å². The van der Waals surface area contributed by atoms with Crippen molar-refractivity contribution in [3.05, 3.63) is 0 Å². The lowest BCUT2D eigenvalue weighted by Gasteiger charge is -2.32. The topological polar surface area (TPSA) is 114 Å². The largest absolute Gasteiger partial charge is 0.481 e. The van der Waals surface area contributed by atoms with Gasteiger partial charge in [0, 0.05) is 33.4 Å². The van der Waals surface area contributed by atoms with Gasteiger partial charge in [-0.1, -0.05) is 0 Å². The van der Waals surface area contributed by atoms with E-state index in [2.05, 4.69) is 9.44 Å². The van der Waals surface area contributed by atoms with E-state index in [1.165, 1.54) is 7.11 Å². The van der Waals surface area contributed by atoms with Gasteiger partial charge in [0.1, 0.15) is 0 Å². The lowest BCUT2D eigenvalue weighted by Crippen LogP contribution is -2.49. The number of hydrogen-bond donors (Lipinski definition) is 3. The van der Waals surface area contributed by atoms with E-state index in [0.717, 1.165) is 0 Å². The highest BCUT2D eigenvalue weighted by atomic mass is 32.2. The monoisotopic (exact) mass is 296 g/mol. The van der Waals surface area contributed by atoms with E-state index >= 15 is 0 Å². The summed E-state index contributed by atoms with van der Waals surface area (Å²) < 4.78 is 37.6. The van der Waals surface area contributed by atoms with Crippen molar-refractivity contribution in [1.82, 2.24) is 9.44 Å². The molecule has 1 aliphatic rings. The molecule has 1 rings (SSSR count). The highest BCUT2D eigenvalue weighted by molar-refractivity contribution is 7.87. The zero-order chi connectivity index (χ0) is 14.4. The van der Waals surface area contributed by atoms with Gasteiger partial charge in [-0.2, -0.15) is 13.1 Å². The van der Waals surface area contributed by atoms with E-state index in [0.29, 0.717) is 26.1 Å². The summed E-state index contributed by atoms with van der Waals surface area (Å²) in [6.45, 7) is 0.887. The van der Waals surface area contributed by atoms with Gasteiger partial charge >= 0.3 is 5.97 Å². The summed E-state index contributed by atoms with van der Waals surface area (Å²) >= 11 is 0. The van der Waals surface area contributed by atoms with Gasteiger partial charge in [0.2, 0.25) is 0 Å². The summed E-state index contributed by atoms with van der Waals surface area (Å²) in [4.78, 5) is 11.3. The Labute approximate surface area is 112 Å². The molecule has 0 aromatic rings. The average molecular weight is 296 g/mol. The minimum absolute atomic E-state index is 0.134. The summed E-state index contributed by atoms with van der Waals surface area (Å²) in [5, 5.41) is 9.27. The minimum atomic E-state index is -3.71. The maximum atomic E-state index is 11.6. The second-order valence-corrected chi connectivity index (χ2v) is 5.99. The Hall–Kier alpha value is -0.740. The lowest BCUT2D eigenvalue weighted by atomic mass is 9.80. The molecular formula is C10H20N2O6S. The van der Waals surface area contributed by atoms with Crippen molar-refractivity contribution in [1.29, 1.82) is 0 Å². The van der Waals surface area contributed by atoms with Crippen molar-refractivity contribution < 1.29 is 27.8 Å². The Morgan fingerprint density at radius 1 is 1.37 bits per heavy atom. The van der Waals surface area contributed by atoms with Crippen LogP contribution in [0.25, 0.3) is 0 Å². The van der Waals surface area contributed by atoms with E-state index < -0.39 is 21.6 Å². The fraction of sp³-hybridized carbons (Fsp3) is 0.900. The number of carboxylic acid groups (broad SMARTS) is 1. The van der Waals surface area contributed by atoms with Gasteiger partial charge in [0.05, 0.1) is 12.0 Å². The lowest BCUT2D eigenvalue weighted by molar-refractivity contribution is -0.154. The molecule has 112 valence electrons. The average Bonchev–Trinajstić information content (AvgIpc) is 2.38. The Bertz CT molecular complexity index is 391. The van der Waals surface area contributed by atoms with Crippen LogP contribution in [0.1, 0.15) is 12.8 Å². The fourth-order valence-electron chi connectivity index (χ4n) is 1.79. The van der Waals surface area contributed by atoms with Crippen molar-refractivity contribution in [2.24, 2.45) is 5.41 Å². The zero-order valence-electron chi connectivity index (χ0n) is 10.8. The predicted molar refractivity (Wildman–Crippen MR) is 66.9 cm³/mol. The Morgan fingerprint density at radius 3 is 2.53 bits per heavy atom. The number of ether oxygens (including phenoxy) is 2. The maximum Gasteiger partial charge on any atom is 0.311 e. The van der Waals surface area contributed by atoms with Crippen LogP contribution in [0.5, 0.6) is 0 Å². The highest BCUT2D eigenvalue weighted by Crippen LogP contribution is 2.30. The van der Waals surface area contributed by atoms with Crippen LogP contribution in [0.3, 0.4) is 0 Å². The molecule has 1 aliphatic heterocycles. The van der Waals surface area contributed by atoms with E-state index in [9.17, 15) is 18.3 Å². The third-order valence-electron chi connectivity index (χ3n) is 3.10. The summed E-state index contributed by atoms with van der Waals surface area (Å²) in [6, 6.07) is 0. The molecule has 0 aliphatic carbocycles. The first kappa shape index (κ1) is 16.3. The van der Waals surface area contributed by atoms with Gasteiger partial charge in [0.15, 0.2) is 0 Å². The highest BCUT2D eigenvalue weighted by Gasteiger charge is 2.40. The minimum Gasteiger partial charge on any atom is -0.481 e. The van der Waals surface area contributed by atoms with Crippen molar-refractivity contribution >= 4 is 16.2 Å². The van der Waals surface area contributed by atoms with Crippen molar-refractivity contribution in [2.45, 2.75) is 12.8 Å². The summed E-state index contributed by atoms with van der Waals surface area (Å²) in [5.41, 5.74) is -1.09. The van der Waals surface area contributed by atoms with E-state index in [4.69, 9.17) is 9.47 Å². The molecule has 9 heteroatoms. The van der Waals surface area contributed by atoms with E-state index in [1.54, 1.807) is 0 Å². The second kappa shape index (κ2) is 7.15. The molecule has 0 amide bonds. The first-order valence-corrected chi connectivity index (χ1v) is 7.44. The van der Waals surface area contributed by atoms with Gasteiger partial charge in [0.25, 0.3) is 10.2 Å². The summed E-state index contributed by atoms with van der Waals surface area (Å²) in [6.07, 6.45) is 0.589. The normalized spacial score (nSPS) is 19.2. The van der Waals surface area contributed by atoms with Gasteiger partial charge in [-0.3, -0.25) is 4.79 Å². The quantitative estimate of drug-likeness (QED) is 0.492. The van der Waals surface area contributed by atoms with Crippen LogP contribution in [0.15, 0.2) is 0 Å². The van der Waals surface area contributed by atoms with Crippen LogP contribution in [-0.2, 0) is 24.5 Å². The number of aliphatic carboxylic acids is 1. The van der Waals surface area contributed by atoms with Crippen LogP contribution >= 0.6 is 0 Å². The molecule has 1 saturated heterocycles. The van der Waals surface area contributed by atoms with E-state index in [1.807, 2.05) is 0 Å². The van der Waals surface area contributed by atoms with Crippen LogP contribution in [0.4, 0.5) is 0 Å². The number of carbonyl (C=O) groups is 1. The first-order valence-electron chi connectivity index (χ1n) is 5.96. The summed E-state index contributed by atoms with van der Waals surface area (Å²) in [7, 11) is -2.25. The van der Waals surface area contributed by atoms with Gasteiger partial charge in [-0.05, 0) is 12.8 Å². The molecule has 0 atom stereocenters. The molecule has 19 heavy (non-hydrogen) atoms. The Morgan fingerprint density at radius 2 is 2.00 bits per heavy atom. The molecule has 1 fully saturated rings. The molecule has 0 saturated carbocycles. The SMILES string of the molecule is COCCNS(=O)(=O)NCC1(C(=O)O)CCOCC1. The maximum absolute atomic E-state index is 11.6. The number of methoxy groups -OCH3 is 1. The zero-order valence-corrected chi connectivity index (χ0v) is 11.7. The number of hydrogen-bond acceptors (Lipinski definition) is 5. The van der Waals surface area contributed by atoms with Gasteiger partial charge < -0.3 is 14.6 Å². The molecule has 0 aromatic heterocycles. The number of rotatable bonds is 8.